The zero-order valence-corrected chi connectivity index (χ0v) is 12.8. The Morgan fingerprint density at radius 1 is 1.26 bits per heavy atom. The third-order valence-corrected chi connectivity index (χ3v) is 5.15. The number of hydrogen-bond donors (Lipinski definition) is 1. The summed E-state index contributed by atoms with van der Waals surface area (Å²) < 4.78 is 23.5. The molecule has 0 saturated carbocycles. The summed E-state index contributed by atoms with van der Waals surface area (Å²) in [5.41, 5.74) is 3.45. The van der Waals surface area contributed by atoms with Crippen LogP contribution in [0, 0.1) is 13.8 Å². The van der Waals surface area contributed by atoms with Crippen molar-refractivity contribution < 1.29 is 8.42 Å². The second-order valence-electron chi connectivity index (χ2n) is 5.65. The van der Waals surface area contributed by atoms with Crippen molar-refractivity contribution in [3.8, 4) is 0 Å². The topological polar surface area (TPSA) is 46.2 Å². The zero-order valence-electron chi connectivity index (χ0n) is 12.0. The van der Waals surface area contributed by atoms with E-state index in [2.05, 4.69) is 12.2 Å². The van der Waals surface area contributed by atoms with Gasteiger partial charge in [0.25, 0.3) is 0 Å². The van der Waals surface area contributed by atoms with Crippen LogP contribution < -0.4 is 5.32 Å². The third kappa shape index (κ3) is 3.57. The van der Waals surface area contributed by atoms with E-state index in [9.17, 15) is 8.42 Å². The van der Waals surface area contributed by atoms with Crippen molar-refractivity contribution in [3.05, 3.63) is 28.8 Å². The average molecular weight is 281 g/mol. The first-order valence-electron chi connectivity index (χ1n) is 6.91. The Labute approximate surface area is 116 Å². The number of hydrogen-bond acceptors (Lipinski definition) is 3. The van der Waals surface area contributed by atoms with Gasteiger partial charge in [0.1, 0.15) is 0 Å². The van der Waals surface area contributed by atoms with Crippen molar-refractivity contribution in [1.29, 1.82) is 0 Å². The monoisotopic (exact) mass is 281 g/mol. The highest BCUT2D eigenvalue weighted by Crippen LogP contribution is 2.22. The molecule has 106 valence electrons. The lowest BCUT2D eigenvalue weighted by atomic mass is 9.93. The molecule has 0 radical (unpaired) electrons. The van der Waals surface area contributed by atoms with Gasteiger partial charge in [0, 0.05) is 12.3 Å². The van der Waals surface area contributed by atoms with Gasteiger partial charge in [0.2, 0.25) is 0 Å². The Hall–Kier alpha value is -0.870. The smallest absolute Gasteiger partial charge is 0.175 e. The molecule has 1 atom stereocenters. The van der Waals surface area contributed by atoms with Gasteiger partial charge in [-0.1, -0.05) is 6.42 Å². The molecule has 3 nitrogen and oxygen atoms in total. The summed E-state index contributed by atoms with van der Waals surface area (Å²) in [4.78, 5) is 0.446. The number of benzene rings is 1. The molecule has 1 aliphatic heterocycles. The van der Waals surface area contributed by atoms with Crippen LogP contribution in [0.4, 0.5) is 0 Å². The van der Waals surface area contributed by atoms with Crippen molar-refractivity contribution in [3.63, 3.8) is 0 Å². The number of aryl methyl sites for hydroxylation is 1. The van der Waals surface area contributed by atoms with Gasteiger partial charge in [0.15, 0.2) is 9.84 Å². The fourth-order valence-electron chi connectivity index (χ4n) is 2.69. The lowest BCUT2D eigenvalue weighted by molar-refractivity contribution is 0.399. The number of piperidine rings is 1. The van der Waals surface area contributed by atoms with Crippen LogP contribution in [0.5, 0.6) is 0 Å². The van der Waals surface area contributed by atoms with Crippen LogP contribution in [-0.2, 0) is 16.3 Å². The maximum atomic E-state index is 11.7. The highest BCUT2D eigenvalue weighted by atomic mass is 32.2. The van der Waals surface area contributed by atoms with Gasteiger partial charge in [-0.2, -0.15) is 0 Å². The summed E-state index contributed by atoms with van der Waals surface area (Å²) in [6, 6.07) is 4.12. The van der Waals surface area contributed by atoms with E-state index < -0.39 is 9.84 Å². The highest BCUT2D eigenvalue weighted by Gasteiger charge is 2.17. The molecule has 0 amide bonds. The lowest BCUT2D eigenvalue weighted by Crippen LogP contribution is -2.35. The fraction of sp³-hybridized carbons (Fsp3) is 0.600. The van der Waals surface area contributed by atoms with E-state index in [0.29, 0.717) is 10.9 Å². The Balaban J connectivity index is 2.30. The van der Waals surface area contributed by atoms with Crippen molar-refractivity contribution in [2.45, 2.75) is 50.5 Å². The first-order chi connectivity index (χ1) is 8.88. The molecule has 1 heterocycles. The summed E-state index contributed by atoms with van der Waals surface area (Å²) in [6.45, 7) is 5.15. The molecule has 0 aliphatic carbocycles. The maximum absolute atomic E-state index is 11.7. The molecular formula is C15H23NO2S. The van der Waals surface area contributed by atoms with Crippen LogP contribution in [0.25, 0.3) is 0 Å². The molecule has 1 fully saturated rings. The van der Waals surface area contributed by atoms with Crippen molar-refractivity contribution in [2.75, 3.05) is 12.8 Å². The molecule has 19 heavy (non-hydrogen) atoms. The molecular weight excluding hydrogens is 258 g/mol. The van der Waals surface area contributed by atoms with Gasteiger partial charge in [-0.15, -0.1) is 0 Å². The molecule has 2 rings (SSSR count). The van der Waals surface area contributed by atoms with Crippen LogP contribution in [0.3, 0.4) is 0 Å². The molecule has 1 saturated heterocycles. The van der Waals surface area contributed by atoms with E-state index in [0.717, 1.165) is 18.5 Å². The van der Waals surface area contributed by atoms with E-state index in [-0.39, 0.29) is 0 Å². The van der Waals surface area contributed by atoms with Crippen LogP contribution in [0.1, 0.15) is 36.0 Å². The highest BCUT2D eigenvalue weighted by molar-refractivity contribution is 7.90. The molecule has 0 bridgehead atoms. The van der Waals surface area contributed by atoms with E-state index in [1.807, 2.05) is 13.0 Å². The number of nitrogens with one attached hydrogen (secondary N) is 1. The van der Waals surface area contributed by atoms with E-state index in [4.69, 9.17) is 0 Å². The molecule has 0 spiro atoms. The predicted octanol–water partition coefficient (Wildman–Crippen LogP) is 2.39. The van der Waals surface area contributed by atoms with Crippen LogP contribution in [-0.4, -0.2) is 27.3 Å². The standard InChI is InChI=1S/C15H23NO2S/c1-11-8-15(19(3,17)18)10-13(12(11)2)9-14-6-4-5-7-16-14/h8,10,14,16H,4-7,9H2,1-3H3. The summed E-state index contributed by atoms with van der Waals surface area (Å²) in [5.74, 6) is 0. The molecule has 1 unspecified atom stereocenters. The minimum Gasteiger partial charge on any atom is -0.314 e. The summed E-state index contributed by atoms with van der Waals surface area (Å²) in [7, 11) is -3.13. The van der Waals surface area contributed by atoms with Gasteiger partial charge >= 0.3 is 0 Å². The van der Waals surface area contributed by atoms with E-state index in [1.54, 1.807) is 6.07 Å². The molecule has 0 aromatic heterocycles. The van der Waals surface area contributed by atoms with Gasteiger partial charge in [-0.3, -0.25) is 0 Å². The van der Waals surface area contributed by atoms with E-state index in [1.165, 1.54) is 36.6 Å². The minimum absolute atomic E-state index is 0.446. The molecule has 1 N–H and O–H groups in total. The number of rotatable bonds is 3. The van der Waals surface area contributed by atoms with Crippen LogP contribution >= 0.6 is 0 Å². The van der Waals surface area contributed by atoms with Gasteiger partial charge in [-0.25, -0.2) is 8.42 Å². The second kappa shape index (κ2) is 5.63. The normalized spacial score (nSPS) is 20.5. The van der Waals surface area contributed by atoms with Gasteiger partial charge < -0.3 is 5.32 Å². The molecule has 1 aliphatic rings. The SMILES string of the molecule is Cc1cc(S(C)(=O)=O)cc(CC2CCCCN2)c1C. The van der Waals surface area contributed by atoms with E-state index >= 15 is 0 Å². The van der Waals surface area contributed by atoms with Crippen molar-refractivity contribution in [1.82, 2.24) is 5.32 Å². The molecule has 1 aromatic rings. The predicted molar refractivity (Wildman–Crippen MR) is 78.4 cm³/mol. The Morgan fingerprint density at radius 2 is 2.00 bits per heavy atom. The summed E-state index contributed by atoms with van der Waals surface area (Å²) >= 11 is 0. The molecule has 1 aromatic carbocycles. The Morgan fingerprint density at radius 3 is 2.58 bits per heavy atom. The summed E-state index contributed by atoms with van der Waals surface area (Å²) in [5, 5.41) is 3.52. The zero-order chi connectivity index (χ0) is 14.0. The van der Waals surface area contributed by atoms with Gasteiger partial charge in [0.05, 0.1) is 4.90 Å². The molecule has 4 heteroatoms. The van der Waals surface area contributed by atoms with Crippen molar-refractivity contribution >= 4 is 9.84 Å². The van der Waals surface area contributed by atoms with Crippen LogP contribution in [0.2, 0.25) is 0 Å². The number of sulfone groups is 1. The lowest BCUT2D eigenvalue weighted by Gasteiger charge is -2.24. The first-order valence-corrected chi connectivity index (χ1v) is 8.80. The largest absolute Gasteiger partial charge is 0.314 e. The first kappa shape index (κ1) is 14.5. The second-order valence-corrected chi connectivity index (χ2v) is 7.66. The average Bonchev–Trinajstić information content (AvgIpc) is 2.34. The van der Waals surface area contributed by atoms with Crippen molar-refractivity contribution in [2.24, 2.45) is 0 Å². The summed E-state index contributed by atoms with van der Waals surface area (Å²) in [6.07, 6.45) is 5.90. The Kier molecular flexibility index (Phi) is 4.31. The minimum atomic E-state index is -3.13. The fourth-order valence-corrected chi connectivity index (χ4v) is 3.43. The van der Waals surface area contributed by atoms with Gasteiger partial charge in [-0.05, 0) is 68.5 Å². The third-order valence-electron chi connectivity index (χ3n) is 4.06. The van der Waals surface area contributed by atoms with Crippen LogP contribution in [0.15, 0.2) is 17.0 Å². The quantitative estimate of drug-likeness (QED) is 0.925. The maximum Gasteiger partial charge on any atom is 0.175 e. The Bertz CT molecular complexity index is 558.